The summed E-state index contributed by atoms with van der Waals surface area (Å²) >= 11 is 0. The number of rotatable bonds is 7. The maximum Gasteiger partial charge on any atom is 0.308 e. The van der Waals surface area contributed by atoms with Gasteiger partial charge in [0.1, 0.15) is 0 Å². The maximum absolute atomic E-state index is 12.1. The van der Waals surface area contributed by atoms with Gasteiger partial charge in [-0.3, -0.25) is 9.59 Å². The van der Waals surface area contributed by atoms with Crippen LogP contribution in [0.4, 0.5) is 0 Å². The number of esters is 2. The van der Waals surface area contributed by atoms with E-state index in [9.17, 15) is 20.1 Å². The molecule has 1 fully saturated rings. The van der Waals surface area contributed by atoms with Gasteiger partial charge in [0.25, 0.3) is 0 Å². The third-order valence-corrected chi connectivity index (χ3v) is 5.13. The molecule has 3 atom stereocenters. The topological polar surface area (TPSA) is 100 Å². The summed E-state index contributed by atoms with van der Waals surface area (Å²) in [6, 6.07) is 4.41. The minimum Gasteiger partial charge on any atom is -0.466 e. The van der Waals surface area contributed by atoms with Gasteiger partial charge < -0.3 is 9.47 Å². The molecule has 0 unspecified atom stereocenters. The summed E-state index contributed by atoms with van der Waals surface area (Å²) in [6.07, 6.45) is 3.77. The van der Waals surface area contributed by atoms with Crippen LogP contribution < -0.4 is 0 Å². The normalized spacial score (nSPS) is 21.7. The van der Waals surface area contributed by atoms with Crippen molar-refractivity contribution in [3.63, 3.8) is 0 Å². The number of hydrogen-bond acceptors (Lipinski definition) is 6. The van der Waals surface area contributed by atoms with Crippen molar-refractivity contribution in [2.24, 2.45) is 23.2 Å². The van der Waals surface area contributed by atoms with E-state index in [4.69, 9.17) is 9.47 Å². The molecular formula is C21H28N2O4. The minimum atomic E-state index is -1.22. The van der Waals surface area contributed by atoms with E-state index in [0.29, 0.717) is 25.9 Å². The third kappa shape index (κ3) is 6.30. The molecule has 0 heterocycles. The summed E-state index contributed by atoms with van der Waals surface area (Å²) in [4.78, 5) is 22.9. The first kappa shape index (κ1) is 22.5. The smallest absolute Gasteiger partial charge is 0.308 e. The van der Waals surface area contributed by atoms with Crippen LogP contribution in [0.5, 0.6) is 0 Å². The van der Waals surface area contributed by atoms with Gasteiger partial charge >= 0.3 is 11.9 Å². The number of nitrogens with zero attached hydrogens (tertiary/aromatic N) is 2. The molecular weight excluding hydrogens is 344 g/mol. The molecule has 0 amide bonds. The molecule has 1 aliphatic rings. The van der Waals surface area contributed by atoms with Crippen LogP contribution in [0.25, 0.3) is 0 Å². The number of carbonyl (C=O) groups excluding carboxylic acids is 2. The second-order valence-corrected chi connectivity index (χ2v) is 6.92. The van der Waals surface area contributed by atoms with E-state index in [2.05, 4.69) is 30.9 Å². The lowest BCUT2D eigenvalue weighted by Crippen LogP contribution is -2.39. The average Bonchev–Trinajstić information content (AvgIpc) is 2.65. The van der Waals surface area contributed by atoms with Crippen LogP contribution in [0.3, 0.4) is 0 Å². The molecule has 0 aromatic carbocycles. The van der Waals surface area contributed by atoms with Crippen molar-refractivity contribution in [3.05, 3.63) is 0 Å². The van der Waals surface area contributed by atoms with Crippen molar-refractivity contribution >= 4 is 11.9 Å². The van der Waals surface area contributed by atoms with Crippen molar-refractivity contribution in [1.29, 1.82) is 10.5 Å². The first-order valence-electron chi connectivity index (χ1n) is 9.52. The molecule has 0 aromatic heterocycles. The van der Waals surface area contributed by atoms with Crippen LogP contribution in [-0.4, -0.2) is 25.2 Å². The van der Waals surface area contributed by atoms with Crippen molar-refractivity contribution in [2.75, 3.05) is 13.2 Å². The van der Waals surface area contributed by atoms with Gasteiger partial charge in [-0.15, -0.1) is 0 Å². The Kier molecular flexibility index (Phi) is 9.38. The Morgan fingerprint density at radius 3 is 2.37 bits per heavy atom. The van der Waals surface area contributed by atoms with Crippen molar-refractivity contribution in [1.82, 2.24) is 0 Å². The summed E-state index contributed by atoms with van der Waals surface area (Å²) < 4.78 is 9.92. The van der Waals surface area contributed by atoms with E-state index in [1.807, 2.05) is 0 Å². The first-order chi connectivity index (χ1) is 12.9. The Morgan fingerprint density at radius 1 is 1.11 bits per heavy atom. The third-order valence-electron chi connectivity index (χ3n) is 5.13. The molecule has 1 rings (SSSR count). The van der Waals surface area contributed by atoms with E-state index >= 15 is 0 Å². The molecule has 27 heavy (non-hydrogen) atoms. The van der Waals surface area contributed by atoms with Crippen LogP contribution in [0.15, 0.2) is 0 Å². The van der Waals surface area contributed by atoms with E-state index in [1.54, 1.807) is 6.92 Å². The van der Waals surface area contributed by atoms with Gasteiger partial charge in [0.2, 0.25) is 0 Å². The summed E-state index contributed by atoms with van der Waals surface area (Å²) in [5, 5.41) is 19.6. The van der Waals surface area contributed by atoms with Crippen LogP contribution in [0.1, 0.15) is 59.3 Å². The largest absolute Gasteiger partial charge is 0.466 e. The van der Waals surface area contributed by atoms with Gasteiger partial charge in [-0.05, 0) is 38.0 Å². The highest BCUT2D eigenvalue weighted by molar-refractivity contribution is 5.72. The second kappa shape index (κ2) is 11.2. The standard InChI is InChI=1S/C21H28N2O4/c1-4-8-17-13-18(20(25)26-5-2)9-10-19(17)21(14-22,15-23)11-6-7-12-27-16(3)24/h17-19H,4-5,8-13H2,1-3H3/t17-,18-,19-/m0/s1. The van der Waals surface area contributed by atoms with Gasteiger partial charge in [0.15, 0.2) is 12.0 Å². The van der Waals surface area contributed by atoms with Crippen molar-refractivity contribution in [3.8, 4) is 24.0 Å². The highest BCUT2D eigenvalue weighted by atomic mass is 16.5. The lowest BCUT2D eigenvalue weighted by Gasteiger charge is -2.40. The lowest BCUT2D eigenvalue weighted by atomic mass is 9.60. The fraction of sp³-hybridized carbons (Fsp3) is 0.714. The lowest BCUT2D eigenvalue weighted by molar-refractivity contribution is -0.150. The fourth-order valence-corrected chi connectivity index (χ4v) is 3.87. The second-order valence-electron chi connectivity index (χ2n) is 6.92. The summed E-state index contributed by atoms with van der Waals surface area (Å²) in [5.74, 6) is 4.73. The van der Waals surface area contributed by atoms with Gasteiger partial charge in [-0.2, -0.15) is 10.5 Å². The Labute approximate surface area is 161 Å². The predicted octanol–water partition coefficient (Wildman–Crippen LogP) is 3.37. The zero-order valence-electron chi connectivity index (χ0n) is 16.4. The van der Waals surface area contributed by atoms with E-state index in [-0.39, 0.29) is 36.8 Å². The molecule has 0 radical (unpaired) electrons. The Morgan fingerprint density at radius 2 is 1.81 bits per heavy atom. The molecule has 0 spiro atoms. The number of carbonyl (C=O) groups is 2. The molecule has 1 aliphatic carbocycles. The molecule has 0 saturated heterocycles. The zero-order chi connectivity index (χ0) is 20.3. The molecule has 6 nitrogen and oxygen atoms in total. The summed E-state index contributed by atoms with van der Waals surface area (Å²) in [5.41, 5.74) is -1.22. The SMILES string of the molecule is CCC[C@H]1C[C@@H](C(=O)OCC)CC[C@@H]1C(C#N)(C#N)CC#CCOC(C)=O. The Balaban J connectivity index is 2.94. The summed E-state index contributed by atoms with van der Waals surface area (Å²) in [6.45, 7) is 5.46. The Hall–Kier alpha value is -2.52. The molecule has 1 saturated carbocycles. The molecule has 146 valence electrons. The first-order valence-corrected chi connectivity index (χ1v) is 9.52. The van der Waals surface area contributed by atoms with Crippen LogP contribution in [0.2, 0.25) is 0 Å². The van der Waals surface area contributed by atoms with Gasteiger partial charge in [-0.25, -0.2) is 0 Å². The van der Waals surface area contributed by atoms with E-state index in [1.165, 1.54) is 6.92 Å². The zero-order valence-corrected chi connectivity index (χ0v) is 16.4. The van der Waals surface area contributed by atoms with Crippen molar-refractivity contribution in [2.45, 2.75) is 59.3 Å². The fourth-order valence-electron chi connectivity index (χ4n) is 3.87. The van der Waals surface area contributed by atoms with Crippen LogP contribution in [0, 0.1) is 57.7 Å². The quantitative estimate of drug-likeness (QED) is 0.502. The van der Waals surface area contributed by atoms with Crippen LogP contribution in [-0.2, 0) is 19.1 Å². The highest BCUT2D eigenvalue weighted by Gasteiger charge is 2.47. The van der Waals surface area contributed by atoms with E-state index in [0.717, 1.165) is 12.8 Å². The molecule has 0 N–H and O–H groups in total. The highest BCUT2D eigenvalue weighted by Crippen LogP contribution is 2.47. The van der Waals surface area contributed by atoms with Crippen molar-refractivity contribution < 1.29 is 19.1 Å². The predicted molar refractivity (Wildman–Crippen MR) is 98.5 cm³/mol. The molecule has 0 aliphatic heterocycles. The summed E-state index contributed by atoms with van der Waals surface area (Å²) in [7, 11) is 0. The maximum atomic E-state index is 12.1. The van der Waals surface area contributed by atoms with Gasteiger partial charge in [-0.1, -0.05) is 31.6 Å². The minimum absolute atomic E-state index is 0.0454. The number of ether oxygens (including phenoxy) is 2. The Bertz CT molecular complexity index is 648. The average molecular weight is 372 g/mol. The number of nitriles is 2. The molecule has 0 bridgehead atoms. The van der Waals surface area contributed by atoms with Gasteiger partial charge in [0, 0.05) is 13.3 Å². The molecule has 0 aromatic rings. The van der Waals surface area contributed by atoms with Gasteiger partial charge in [0.05, 0.1) is 24.7 Å². The molecule has 6 heteroatoms. The number of hydrogen-bond donors (Lipinski definition) is 0. The monoisotopic (exact) mass is 372 g/mol. The van der Waals surface area contributed by atoms with Crippen LogP contribution >= 0.6 is 0 Å². The van der Waals surface area contributed by atoms with E-state index < -0.39 is 11.4 Å².